The molecule has 0 spiro atoms. The summed E-state index contributed by atoms with van der Waals surface area (Å²) in [6, 6.07) is 3.31. The Morgan fingerprint density at radius 2 is 2.06 bits per heavy atom. The molecule has 1 aromatic rings. The number of esters is 1. The largest absolute Gasteiger partial charge is 0.466 e. The Morgan fingerprint density at radius 3 is 2.62 bits per heavy atom. The van der Waals surface area contributed by atoms with E-state index in [0.717, 1.165) is 18.2 Å². The number of carbonyl (C=O) groups excluding carboxylic acids is 1. The second kappa shape index (κ2) is 5.03. The normalized spacial score (nSPS) is 10.1. The summed E-state index contributed by atoms with van der Waals surface area (Å²) in [5, 5.41) is 8.67. The summed E-state index contributed by atoms with van der Waals surface area (Å²) in [5.74, 6) is -2.83. The number of nitriles is 1. The van der Waals surface area contributed by atoms with Gasteiger partial charge in [0, 0.05) is 6.08 Å². The third-order valence-corrected chi connectivity index (χ3v) is 1.81. The van der Waals surface area contributed by atoms with E-state index in [9.17, 15) is 13.6 Å². The molecule has 0 radical (unpaired) electrons. The molecule has 0 aromatic heterocycles. The van der Waals surface area contributed by atoms with Crippen molar-refractivity contribution in [1.29, 1.82) is 5.26 Å². The Kier molecular flexibility index (Phi) is 3.72. The average molecular weight is 223 g/mol. The molecule has 0 saturated heterocycles. The number of halogens is 2. The zero-order valence-electron chi connectivity index (χ0n) is 8.33. The number of hydrogen-bond donors (Lipinski definition) is 0. The van der Waals surface area contributed by atoms with E-state index >= 15 is 0 Å². The molecule has 0 unspecified atom stereocenters. The summed E-state index contributed by atoms with van der Waals surface area (Å²) < 4.78 is 30.0. The van der Waals surface area contributed by atoms with E-state index < -0.39 is 17.6 Å². The van der Waals surface area contributed by atoms with Crippen molar-refractivity contribution >= 4 is 12.0 Å². The molecule has 0 fully saturated rings. The predicted molar refractivity (Wildman–Crippen MR) is 52.1 cm³/mol. The molecular weight excluding hydrogens is 216 g/mol. The maximum absolute atomic E-state index is 12.9. The first-order chi connectivity index (χ1) is 7.58. The lowest BCUT2D eigenvalue weighted by atomic mass is 10.1. The smallest absolute Gasteiger partial charge is 0.330 e. The number of methoxy groups -OCH3 is 1. The summed E-state index contributed by atoms with van der Waals surface area (Å²) in [6.45, 7) is 0. The van der Waals surface area contributed by atoms with Crippen molar-refractivity contribution in [3.8, 4) is 6.07 Å². The third-order valence-electron chi connectivity index (χ3n) is 1.81. The van der Waals surface area contributed by atoms with Gasteiger partial charge in [0.2, 0.25) is 0 Å². The topological polar surface area (TPSA) is 50.1 Å². The molecule has 3 nitrogen and oxygen atoms in total. The van der Waals surface area contributed by atoms with Crippen LogP contribution < -0.4 is 0 Å². The maximum Gasteiger partial charge on any atom is 0.330 e. The molecule has 0 amide bonds. The molecule has 1 aromatic carbocycles. The molecule has 0 saturated carbocycles. The van der Waals surface area contributed by atoms with Gasteiger partial charge in [0.15, 0.2) is 11.6 Å². The van der Waals surface area contributed by atoms with E-state index in [1.807, 2.05) is 0 Å². The monoisotopic (exact) mass is 223 g/mol. The summed E-state index contributed by atoms with van der Waals surface area (Å²) in [7, 11) is 1.18. The van der Waals surface area contributed by atoms with E-state index in [1.165, 1.54) is 13.2 Å². The summed E-state index contributed by atoms with van der Waals surface area (Å²) in [6.07, 6.45) is 2.21. The van der Waals surface area contributed by atoms with Gasteiger partial charge < -0.3 is 4.74 Å². The molecule has 1 rings (SSSR count). The number of benzene rings is 1. The minimum atomic E-state index is -1.10. The van der Waals surface area contributed by atoms with Gasteiger partial charge in [0.25, 0.3) is 0 Å². The van der Waals surface area contributed by atoms with Crippen LogP contribution in [0.4, 0.5) is 8.78 Å². The second-order valence-electron chi connectivity index (χ2n) is 2.82. The number of rotatable bonds is 2. The van der Waals surface area contributed by atoms with Gasteiger partial charge in [-0.1, -0.05) is 0 Å². The second-order valence-corrected chi connectivity index (χ2v) is 2.82. The maximum atomic E-state index is 12.9. The lowest BCUT2D eigenvalue weighted by molar-refractivity contribution is -0.134. The van der Waals surface area contributed by atoms with Crippen LogP contribution in [0.5, 0.6) is 0 Å². The fraction of sp³-hybridized carbons (Fsp3) is 0.0909. The molecule has 0 N–H and O–H groups in total. The molecule has 0 bridgehead atoms. The van der Waals surface area contributed by atoms with E-state index in [2.05, 4.69) is 4.74 Å². The van der Waals surface area contributed by atoms with Crippen LogP contribution in [0.2, 0.25) is 0 Å². The average Bonchev–Trinajstić information content (AvgIpc) is 2.29. The van der Waals surface area contributed by atoms with Gasteiger partial charge in [-0.2, -0.15) is 5.26 Å². The number of hydrogen-bond acceptors (Lipinski definition) is 3. The zero-order valence-corrected chi connectivity index (χ0v) is 8.33. The first kappa shape index (κ1) is 11.9. The molecule has 16 heavy (non-hydrogen) atoms. The summed E-state index contributed by atoms with van der Waals surface area (Å²) in [4.78, 5) is 10.8. The summed E-state index contributed by atoms with van der Waals surface area (Å²) >= 11 is 0. The first-order valence-electron chi connectivity index (χ1n) is 4.23. The van der Waals surface area contributed by atoms with Gasteiger partial charge in [0.1, 0.15) is 0 Å². The van der Waals surface area contributed by atoms with Crippen LogP contribution in [0.1, 0.15) is 11.1 Å². The quantitative estimate of drug-likeness (QED) is 0.569. The molecule has 0 atom stereocenters. The van der Waals surface area contributed by atoms with Crippen LogP contribution in [0.15, 0.2) is 18.2 Å². The minimum Gasteiger partial charge on any atom is -0.466 e. The lowest BCUT2D eigenvalue weighted by Gasteiger charge is -1.99. The molecule has 0 heterocycles. The van der Waals surface area contributed by atoms with Crippen LogP contribution >= 0.6 is 0 Å². The minimum absolute atomic E-state index is 0.0564. The predicted octanol–water partition coefficient (Wildman–Crippen LogP) is 2.02. The molecular formula is C11H7F2NO2. The lowest BCUT2D eigenvalue weighted by Crippen LogP contribution is -1.95. The van der Waals surface area contributed by atoms with Gasteiger partial charge >= 0.3 is 5.97 Å². The van der Waals surface area contributed by atoms with Gasteiger partial charge in [0.05, 0.1) is 18.7 Å². The van der Waals surface area contributed by atoms with Crippen molar-refractivity contribution in [3.05, 3.63) is 41.0 Å². The summed E-state index contributed by atoms with van der Waals surface area (Å²) in [5.41, 5.74) is 0.0610. The molecule has 0 aliphatic heterocycles. The molecule has 82 valence electrons. The van der Waals surface area contributed by atoms with Gasteiger partial charge in [-0.05, 0) is 23.8 Å². The van der Waals surface area contributed by atoms with Gasteiger partial charge in [-0.25, -0.2) is 13.6 Å². The highest BCUT2D eigenvalue weighted by Gasteiger charge is 2.07. The van der Waals surface area contributed by atoms with E-state index in [1.54, 1.807) is 6.07 Å². The molecule has 0 aliphatic rings. The fourth-order valence-corrected chi connectivity index (χ4v) is 1.02. The van der Waals surface area contributed by atoms with Crippen molar-refractivity contribution in [3.63, 3.8) is 0 Å². The fourth-order valence-electron chi connectivity index (χ4n) is 1.02. The number of carbonyl (C=O) groups is 1. The van der Waals surface area contributed by atoms with Crippen molar-refractivity contribution < 1.29 is 18.3 Å². The van der Waals surface area contributed by atoms with Crippen LogP contribution in [0, 0.1) is 23.0 Å². The SMILES string of the molecule is COC(=O)C=Cc1cc(F)c(F)cc1C#N. The van der Waals surface area contributed by atoms with E-state index in [-0.39, 0.29) is 11.1 Å². The van der Waals surface area contributed by atoms with Gasteiger partial charge in [-0.3, -0.25) is 0 Å². The number of ether oxygens (including phenoxy) is 1. The Hall–Kier alpha value is -2.22. The van der Waals surface area contributed by atoms with E-state index in [4.69, 9.17) is 5.26 Å². The molecule has 0 aliphatic carbocycles. The Morgan fingerprint density at radius 1 is 1.44 bits per heavy atom. The van der Waals surface area contributed by atoms with Crippen molar-refractivity contribution in [2.45, 2.75) is 0 Å². The zero-order chi connectivity index (χ0) is 12.1. The van der Waals surface area contributed by atoms with Crippen LogP contribution in [0.25, 0.3) is 6.08 Å². The Labute approximate surface area is 90.6 Å². The first-order valence-corrected chi connectivity index (χ1v) is 4.23. The highest BCUT2D eigenvalue weighted by Crippen LogP contribution is 2.15. The molecule has 5 heteroatoms. The Bertz CT molecular complexity index is 489. The van der Waals surface area contributed by atoms with Crippen molar-refractivity contribution in [2.75, 3.05) is 7.11 Å². The van der Waals surface area contributed by atoms with Crippen LogP contribution in [-0.2, 0) is 9.53 Å². The van der Waals surface area contributed by atoms with Crippen LogP contribution in [0.3, 0.4) is 0 Å². The highest BCUT2D eigenvalue weighted by molar-refractivity contribution is 5.87. The number of nitrogens with zero attached hydrogens (tertiary/aromatic N) is 1. The third kappa shape index (κ3) is 2.64. The highest BCUT2D eigenvalue weighted by atomic mass is 19.2. The van der Waals surface area contributed by atoms with E-state index in [0.29, 0.717) is 0 Å². The standard InChI is InChI=1S/C11H7F2NO2/c1-16-11(15)3-2-7-4-9(12)10(13)5-8(7)6-14/h2-5H,1H3. The van der Waals surface area contributed by atoms with Crippen molar-refractivity contribution in [2.24, 2.45) is 0 Å². The Balaban J connectivity index is 3.14. The van der Waals surface area contributed by atoms with Crippen LogP contribution in [-0.4, -0.2) is 13.1 Å². The van der Waals surface area contributed by atoms with Gasteiger partial charge in [-0.15, -0.1) is 0 Å². The van der Waals surface area contributed by atoms with Crippen molar-refractivity contribution in [1.82, 2.24) is 0 Å².